The van der Waals surface area contributed by atoms with Crippen molar-refractivity contribution in [2.24, 2.45) is 0 Å². The van der Waals surface area contributed by atoms with Crippen molar-refractivity contribution in [3.63, 3.8) is 0 Å². The van der Waals surface area contributed by atoms with Crippen molar-refractivity contribution < 1.29 is 45.8 Å². The summed E-state index contributed by atoms with van der Waals surface area (Å²) in [4.78, 5) is 24.3. The maximum Gasteiger partial charge on any atom is 0.416 e. The minimum Gasteiger partial charge on any atom is -0.478 e. The number of hydrogen-bond acceptors (Lipinski definition) is 3. The monoisotopic (exact) mass is 468 g/mol. The van der Waals surface area contributed by atoms with E-state index in [9.17, 15) is 41.0 Å². The summed E-state index contributed by atoms with van der Waals surface area (Å²) in [6.45, 7) is 0. The minimum absolute atomic E-state index is 0.0549. The van der Waals surface area contributed by atoms with Crippen LogP contribution in [0.15, 0.2) is 60.7 Å². The highest BCUT2D eigenvalue weighted by Crippen LogP contribution is 2.37. The number of carboxylic acid groups (broad SMARTS) is 1. The van der Waals surface area contributed by atoms with Gasteiger partial charge in [-0.05, 0) is 58.7 Å². The van der Waals surface area contributed by atoms with Crippen molar-refractivity contribution in [1.82, 2.24) is 0 Å². The number of halogens is 6. The minimum atomic E-state index is -4.62. The molecule has 1 N–H and O–H groups in total. The lowest BCUT2D eigenvalue weighted by molar-refractivity contribution is -0.138. The zero-order valence-electron chi connectivity index (χ0n) is 16.7. The molecule has 0 aliphatic heterocycles. The summed E-state index contributed by atoms with van der Waals surface area (Å²) >= 11 is 0. The van der Waals surface area contributed by atoms with Gasteiger partial charge in [0.25, 0.3) is 0 Å². The topological polar surface area (TPSA) is 63.6 Å². The average Bonchev–Trinajstić information content (AvgIpc) is 2.76. The Bertz CT molecular complexity index is 1120. The van der Waals surface area contributed by atoms with Gasteiger partial charge in [0.2, 0.25) is 0 Å². The molecule has 3 aromatic carbocycles. The molecule has 0 saturated heterocycles. The van der Waals surface area contributed by atoms with E-state index in [0.717, 1.165) is 67.8 Å². The van der Waals surface area contributed by atoms with Crippen molar-refractivity contribution in [2.75, 3.05) is 7.11 Å². The number of carboxylic acids is 1. The first-order valence-electron chi connectivity index (χ1n) is 9.18. The van der Waals surface area contributed by atoms with Crippen LogP contribution >= 0.6 is 0 Å². The molecule has 0 saturated carbocycles. The molecule has 0 fully saturated rings. The van der Waals surface area contributed by atoms with Crippen molar-refractivity contribution in [3.8, 4) is 22.3 Å². The number of hydrogen-bond donors (Lipinski definition) is 1. The van der Waals surface area contributed by atoms with E-state index in [4.69, 9.17) is 0 Å². The molecule has 172 valence electrons. The Morgan fingerprint density at radius 3 is 1.36 bits per heavy atom. The Balaban J connectivity index is 2.27. The molecule has 0 aliphatic rings. The van der Waals surface area contributed by atoms with Gasteiger partial charge < -0.3 is 9.84 Å². The predicted molar refractivity (Wildman–Crippen MR) is 106 cm³/mol. The lowest BCUT2D eigenvalue weighted by Gasteiger charge is -2.16. The Labute approximate surface area is 183 Å². The summed E-state index contributed by atoms with van der Waals surface area (Å²) in [5.74, 6) is -2.36. The van der Waals surface area contributed by atoms with Crippen LogP contribution < -0.4 is 0 Å². The summed E-state index contributed by atoms with van der Waals surface area (Å²) in [6.07, 6.45) is -9.24. The number of aromatic carboxylic acids is 1. The largest absolute Gasteiger partial charge is 0.478 e. The summed E-state index contributed by atoms with van der Waals surface area (Å²) < 4.78 is 82.1. The summed E-state index contributed by atoms with van der Waals surface area (Å²) in [7, 11) is 1.07. The van der Waals surface area contributed by atoms with E-state index < -0.39 is 41.0 Å². The third-order valence-electron chi connectivity index (χ3n) is 4.82. The fourth-order valence-corrected chi connectivity index (χ4v) is 3.24. The van der Waals surface area contributed by atoms with Crippen LogP contribution in [0, 0.1) is 0 Å². The highest BCUT2D eigenvalue weighted by molar-refractivity contribution is 6.06. The Morgan fingerprint density at radius 1 is 0.727 bits per heavy atom. The van der Waals surface area contributed by atoms with Crippen LogP contribution in [0.2, 0.25) is 0 Å². The van der Waals surface area contributed by atoms with Gasteiger partial charge in [-0.2, -0.15) is 26.3 Å². The maximum atomic E-state index is 12.9. The van der Waals surface area contributed by atoms with Crippen molar-refractivity contribution in [3.05, 3.63) is 82.9 Å². The molecule has 0 radical (unpaired) electrons. The van der Waals surface area contributed by atoms with E-state index in [1.165, 1.54) is 0 Å². The van der Waals surface area contributed by atoms with Gasteiger partial charge in [-0.25, -0.2) is 9.59 Å². The Morgan fingerprint density at radius 2 is 1.09 bits per heavy atom. The molecular formula is C23H14F6O4. The molecule has 0 heterocycles. The van der Waals surface area contributed by atoms with Crippen LogP contribution in [0.25, 0.3) is 22.3 Å². The summed E-state index contributed by atoms with van der Waals surface area (Å²) in [6, 6.07) is 9.48. The van der Waals surface area contributed by atoms with Crippen LogP contribution in [0.3, 0.4) is 0 Å². The SMILES string of the molecule is COC(=O)c1cc(-c2ccc(C(F)(F)F)cc2)c(C(=O)O)c(-c2ccc(C(F)(F)F)cc2)c1. The lowest BCUT2D eigenvalue weighted by Crippen LogP contribution is -2.09. The van der Waals surface area contributed by atoms with Crippen molar-refractivity contribution in [2.45, 2.75) is 12.4 Å². The third-order valence-corrected chi connectivity index (χ3v) is 4.82. The fourth-order valence-electron chi connectivity index (χ4n) is 3.24. The Kier molecular flexibility index (Phi) is 6.22. The number of alkyl halides is 6. The zero-order chi connectivity index (χ0) is 24.6. The van der Waals surface area contributed by atoms with Crippen molar-refractivity contribution in [1.29, 1.82) is 0 Å². The number of carbonyl (C=O) groups is 2. The second-order valence-corrected chi connectivity index (χ2v) is 6.89. The maximum absolute atomic E-state index is 12.9. The van der Waals surface area contributed by atoms with Gasteiger partial charge in [-0.1, -0.05) is 24.3 Å². The third kappa shape index (κ3) is 5.00. The molecule has 0 bridgehead atoms. The van der Waals surface area contributed by atoms with Gasteiger partial charge >= 0.3 is 24.3 Å². The van der Waals surface area contributed by atoms with Gasteiger partial charge in [0.1, 0.15) is 0 Å². The van der Waals surface area contributed by atoms with Gasteiger partial charge in [0.05, 0.1) is 29.4 Å². The van der Waals surface area contributed by atoms with Crippen LogP contribution in [0.4, 0.5) is 26.3 Å². The zero-order valence-corrected chi connectivity index (χ0v) is 16.7. The standard InChI is InChI=1S/C23H14F6O4/c1-33-21(32)14-10-17(12-2-6-15(7-3-12)22(24,25)26)19(20(30)31)18(11-14)13-4-8-16(9-5-13)23(27,28)29/h2-11H,1H3,(H,30,31). The number of ether oxygens (including phenoxy) is 1. The molecule has 0 aromatic heterocycles. The molecule has 4 nitrogen and oxygen atoms in total. The number of rotatable bonds is 4. The number of carbonyl (C=O) groups excluding carboxylic acids is 1. The molecule has 0 amide bonds. The molecule has 0 aliphatic carbocycles. The first-order chi connectivity index (χ1) is 15.3. The first kappa shape index (κ1) is 23.8. The van der Waals surface area contributed by atoms with Gasteiger partial charge in [0, 0.05) is 0 Å². The van der Waals surface area contributed by atoms with Gasteiger partial charge in [-0.15, -0.1) is 0 Å². The van der Waals surface area contributed by atoms with E-state index in [1.807, 2.05) is 0 Å². The highest BCUT2D eigenvalue weighted by atomic mass is 19.4. The van der Waals surface area contributed by atoms with Gasteiger partial charge in [0.15, 0.2) is 0 Å². The normalized spacial score (nSPS) is 11.8. The molecule has 0 unspecified atom stereocenters. The average molecular weight is 468 g/mol. The number of methoxy groups -OCH3 is 1. The van der Waals surface area contributed by atoms with E-state index in [-0.39, 0.29) is 27.8 Å². The highest BCUT2D eigenvalue weighted by Gasteiger charge is 2.31. The molecule has 0 atom stereocenters. The van der Waals surface area contributed by atoms with E-state index in [1.54, 1.807) is 0 Å². The molecule has 0 spiro atoms. The lowest BCUT2D eigenvalue weighted by atomic mass is 9.89. The predicted octanol–water partition coefficient (Wildman–Crippen LogP) is 6.54. The molecular weight excluding hydrogens is 454 g/mol. The number of benzene rings is 3. The van der Waals surface area contributed by atoms with Crippen LogP contribution in [0.5, 0.6) is 0 Å². The Hall–Kier alpha value is -3.82. The van der Waals surface area contributed by atoms with Crippen LogP contribution in [-0.2, 0) is 17.1 Å². The van der Waals surface area contributed by atoms with Crippen molar-refractivity contribution >= 4 is 11.9 Å². The van der Waals surface area contributed by atoms with E-state index >= 15 is 0 Å². The molecule has 3 rings (SSSR count). The summed E-state index contributed by atoms with van der Waals surface area (Å²) in [5, 5.41) is 9.85. The summed E-state index contributed by atoms with van der Waals surface area (Å²) in [5.41, 5.74) is -2.55. The smallest absolute Gasteiger partial charge is 0.416 e. The second kappa shape index (κ2) is 8.61. The molecule has 10 heteroatoms. The van der Waals surface area contributed by atoms with Gasteiger partial charge in [-0.3, -0.25) is 0 Å². The second-order valence-electron chi connectivity index (χ2n) is 6.89. The van der Waals surface area contributed by atoms with E-state index in [2.05, 4.69) is 4.74 Å². The van der Waals surface area contributed by atoms with Crippen LogP contribution in [-0.4, -0.2) is 24.2 Å². The van der Waals surface area contributed by atoms with E-state index in [0.29, 0.717) is 0 Å². The number of esters is 1. The fraction of sp³-hybridized carbons (Fsp3) is 0.130. The molecule has 3 aromatic rings. The molecule has 33 heavy (non-hydrogen) atoms. The quantitative estimate of drug-likeness (QED) is 0.349. The first-order valence-corrected chi connectivity index (χ1v) is 9.18. The van der Waals surface area contributed by atoms with Crippen LogP contribution in [0.1, 0.15) is 31.8 Å².